The molecule has 3 aromatic rings. The molecular weight excluding hydrogens is 226 g/mol. The van der Waals surface area contributed by atoms with Gasteiger partial charge in [-0.1, -0.05) is 15.8 Å². The van der Waals surface area contributed by atoms with Crippen molar-refractivity contribution in [1.82, 2.24) is 35.2 Å². The number of rotatable bonds is 0. The molecule has 0 unspecified atom stereocenters. The molecule has 0 saturated heterocycles. The standard InChI is InChI=1S/C5H5N.C2H2N2S.CH2N4/c1-2-4-6-5-3-1;1-2-5-4-3-1;1-2-4-5-3-1/h1-5H;1-2H;1H,(H,2,3,4,5). The number of aromatic nitrogens is 7. The number of hydrogen-bond acceptors (Lipinski definition) is 7. The van der Waals surface area contributed by atoms with Crippen LogP contribution in [0.25, 0.3) is 0 Å². The highest BCUT2D eigenvalue weighted by Crippen LogP contribution is 1.78. The van der Waals surface area contributed by atoms with Gasteiger partial charge in [0.2, 0.25) is 0 Å². The molecule has 0 spiro atoms. The average Bonchev–Trinajstić information content (AvgIpc) is 3.10. The number of tetrazole rings is 1. The van der Waals surface area contributed by atoms with Crippen LogP contribution in [0.1, 0.15) is 0 Å². The third-order valence-electron chi connectivity index (χ3n) is 1.12. The summed E-state index contributed by atoms with van der Waals surface area (Å²) in [7, 11) is 0. The van der Waals surface area contributed by atoms with Gasteiger partial charge in [0, 0.05) is 17.8 Å². The fraction of sp³-hybridized carbons (Fsp3) is 0. The molecule has 3 aromatic heterocycles. The second kappa shape index (κ2) is 9.34. The lowest BCUT2D eigenvalue weighted by atomic mass is 10.5. The molecule has 0 aliphatic carbocycles. The van der Waals surface area contributed by atoms with Gasteiger partial charge in [-0.2, -0.15) is 5.21 Å². The van der Waals surface area contributed by atoms with Gasteiger partial charge in [0.15, 0.2) is 6.33 Å². The van der Waals surface area contributed by atoms with Crippen LogP contribution in [0.5, 0.6) is 0 Å². The number of aromatic amines is 1. The van der Waals surface area contributed by atoms with Crippen molar-refractivity contribution < 1.29 is 0 Å². The number of nitrogens with zero attached hydrogens (tertiary/aromatic N) is 6. The molecule has 0 aromatic carbocycles. The Hall–Kier alpha value is -2.22. The molecule has 0 bridgehead atoms. The van der Waals surface area contributed by atoms with Gasteiger partial charge in [0.05, 0.1) is 6.20 Å². The van der Waals surface area contributed by atoms with E-state index in [9.17, 15) is 0 Å². The molecular formula is C8H9N7S. The van der Waals surface area contributed by atoms with Crippen LogP contribution in [0, 0.1) is 0 Å². The lowest BCUT2D eigenvalue weighted by Gasteiger charge is -1.70. The molecule has 0 fully saturated rings. The highest BCUT2D eigenvalue weighted by atomic mass is 32.1. The fourth-order valence-corrected chi connectivity index (χ4v) is 0.850. The van der Waals surface area contributed by atoms with E-state index in [-0.39, 0.29) is 0 Å². The summed E-state index contributed by atoms with van der Waals surface area (Å²) < 4.78 is 3.51. The van der Waals surface area contributed by atoms with Crippen LogP contribution in [-0.2, 0) is 0 Å². The zero-order chi connectivity index (χ0) is 11.3. The summed E-state index contributed by atoms with van der Waals surface area (Å²) in [6, 6.07) is 5.72. The average molecular weight is 235 g/mol. The van der Waals surface area contributed by atoms with Crippen LogP contribution in [0.3, 0.4) is 0 Å². The summed E-state index contributed by atoms with van der Waals surface area (Å²) >= 11 is 1.35. The predicted molar refractivity (Wildman–Crippen MR) is 58.3 cm³/mol. The summed E-state index contributed by atoms with van der Waals surface area (Å²) in [5.74, 6) is 0. The maximum atomic E-state index is 3.78. The van der Waals surface area contributed by atoms with Crippen molar-refractivity contribution in [3.63, 3.8) is 0 Å². The van der Waals surface area contributed by atoms with E-state index in [2.05, 4.69) is 35.2 Å². The highest BCUT2D eigenvalue weighted by molar-refractivity contribution is 7.03. The smallest absolute Gasteiger partial charge is 0.161 e. The first-order chi connectivity index (χ1) is 8.00. The van der Waals surface area contributed by atoms with Gasteiger partial charge >= 0.3 is 0 Å². The summed E-state index contributed by atoms with van der Waals surface area (Å²) in [6.45, 7) is 0. The van der Waals surface area contributed by atoms with Crippen molar-refractivity contribution in [2.24, 2.45) is 0 Å². The van der Waals surface area contributed by atoms with Crippen molar-refractivity contribution in [2.75, 3.05) is 0 Å². The summed E-state index contributed by atoms with van der Waals surface area (Å²) in [4.78, 5) is 3.78. The summed E-state index contributed by atoms with van der Waals surface area (Å²) in [5.41, 5.74) is 0. The van der Waals surface area contributed by atoms with Crippen LogP contribution in [0.15, 0.2) is 48.5 Å². The normalized spacial score (nSPS) is 8.00. The zero-order valence-electron chi connectivity index (χ0n) is 8.21. The minimum Gasteiger partial charge on any atom is -0.265 e. The number of pyridine rings is 1. The van der Waals surface area contributed by atoms with Crippen LogP contribution in [0.2, 0.25) is 0 Å². The Morgan fingerprint density at radius 3 is 2.00 bits per heavy atom. The number of nitrogens with one attached hydrogen (secondary N) is 1. The Balaban J connectivity index is 0.000000121. The van der Waals surface area contributed by atoms with E-state index < -0.39 is 0 Å². The number of H-pyrrole nitrogens is 1. The maximum Gasteiger partial charge on any atom is 0.161 e. The first-order valence-electron chi connectivity index (χ1n) is 4.22. The second-order valence-electron chi connectivity index (χ2n) is 2.17. The van der Waals surface area contributed by atoms with Crippen LogP contribution >= 0.6 is 11.5 Å². The first kappa shape index (κ1) is 11.9. The lowest BCUT2D eigenvalue weighted by Crippen LogP contribution is -1.64. The minimum atomic E-state index is 1.33. The van der Waals surface area contributed by atoms with Gasteiger partial charge in [-0.3, -0.25) is 4.98 Å². The largest absolute Gasteiger partial charge is 0.265 e. The lowest BCUT2D eigenvalue weighted by molar-refractivity contribution is 0.881. The second-order valence-corrected chi connectivity index (χ2v) is 2.82. The van der Waals surface area contributed by atoms with Gasteiger partial charge in [-0.15, -0.1) is 15.3 Å². The molecule has 82 valence electrons. The first-order valence-corrected chi connectivity index (χ1v) is 5.06. The molecule has 3 rings (SSSR count). The van der Waals surface area contributed by atoms with Gasteiger partial charge in [0.25, 0.3) is 0 Å². The fourth-order valence-electron chi connectivity index (χ4n) is 0.578. The van der Waals surface area contributed by atoms with E-state index in [0.717, 1.165) is 0 Å². The molecule has 16 heavy (non-hydrogen) atoms. The van der Waals surface area contributed by atoms with Crippen LogP contribution < -0.4 is 0 Å². The molecule has 0 saturated carbocycles. The van der Waals surface area contributed by atoms with Crippen LogP contribution in [-0.4, -0.2) is 35.2 Å². The molecule has 0 aliphatic heterocycles. The Kier molecular flexibility index (Phi) is 6.92. The molecule has 0 radical (unpaired) electrons. The Morgan fingerprint density at radius 2 is 1.81 bits per heavy atom. The zero-order valence-corrected chi connectivity index (χ0v) is 9.03. The van der Waals surface area contributed by atoms with Gasteiger partial charge in [-0.25, -0.2) is 0 Å². The molecule has 0 atom stereocenters. The van der Waals surface area contributed by atoms with E-state index in [1.807, 2.05) is 23.6 Å². The summed E-state index contributed by atoms with van der Waals surface area (Å²) in [6.07, 6.45) is 6.49. The van der Waals surface area contributed by atoms with Crippen molar-refractivity contribution in [3.05, 3.63) is 48.5 Å². The SMILES string of the molecule is c1ccncc1.c1csnn1.c1nn[nH]n1. The molecule has 8 heteroatoms. The van der Waals surface area contributed by atoms with Crippen molar-refractivity contribution in [3.8, 4) is 0 Å². The van der Waals surface area contributed by atoms with Gasteiger partial charge in [-0.05, 0) is 23.7 Å². The van der Waals surface area contributed by atoms with Gasteiger partial charge in [0.1, 0.15) is 0 Å². The Labute approximate surface area is 95.7 Å². The van der Waals surface area contributed by atoms with E-state index in [4.69, 9.17) is 0 Å². The maximum absolute atomic E-state index is 3.78. The quantitative estimate of drug-likeness (QED) is 0.620. The highest BCUT2D eigenvalue weighted by Gasteiger charge is 1.61. The van der Waals surface area contributed by atoms with Crippen molar-refractivity contribution >= 4 is 11.5 Å². The predicted octanol–water partition coefficient (Wildman–Crippen LogP) is 0.819. The molecule has 3 heterocycles. The van der Waals surface area contributed by atoms with Gasteiger partial charge < -0.3 is 0 Å². The third kappa shape index (κ3) is 7.21. The van der Waals surface area contributed by atoms with E-state index in [1.54, 1.807) is 18.6 Å². The van der Waals surface area contributed by atoms with Crippen molar-refractivity contribution in [2.45, 2.75) is 0 Å². The molecule has 7 nitrogen and oxygen atoms in total. The summed E-state index contributed by atoms with van der Waals surface area (Å²) in [5, 5.41) is 17.5. The Bertz CT molecular complexity index is 312. The minimum absolute atomic E-state index is 1.33. The van der Waals surface area contributed by atoms with E-state index in [0.29, 0.717) is 0 Å². The topological polar surface area (TPSA) is 93.1 Å². The van der Waals surface area contributed by atoms with Crippen molar-refractivity contribution in [1.29, 1.82) is 0 Å². The molecule has 0 aliphatic rings. The van der Waals surface area contributed by atoms with E-state index in [1.165, 1.54) is 17.9 Å². The molecule has 1 N–H and O–H groups in total. The molecule has 0 amide bonds. The monoisotopic (exact) mass is 235 g/mol. The number of hydrogen-bond donors (Lipinski definition) is 1. The van der Waals surface area contributed by atoms with Crippen LogP contribution in [0.4, 0.5) is 0 Å². The third-order valence-corrected chi connectivity index (χ3v) is 1.55. The Morgan fingerprint density at radius 1 is 0.938 bits per heavy atom. The van der Waals surface area contributed by atoms with E-state index >= 15 is 0 Å².